The number of anilines is 1. The molecule has 12 heteroatoms. The van der Waals surface area contributed by atoms with Crippen molar-refractivity contribution in [2.45, 2.75) is 11.5 Å². The molecule has 0 radical (unpaired) electrons. The van der Waals surface area contributed by atoms with E-state index in [1.54, 1.807) is 0 Å². The van der Waals surface area contributed by atoms with E-state index in [1.807, 2.05) is 4.98 Å². The Kier molecular flexibility index (Phi) is 3.24. The van der Waals surface area contributed by atoms with Crippen LogP contribution in [-0.2, 0) is 10.6 Å². The number of carboxylic acids is 1. The summed E-state index contributed by atoms with van der Waals surface area (Å²) in [7, 11) is 0. The topological polar surface area (TPSA) is 247 Å². The molecular formula is C11H13N3O9. The van der Waals surface area contributed by atoms with Crippen molar-refractivity contribution in [1.29, 1.82) is 0 Å². The van der Waals surface area contributed by atoms with Crippen LogP contribution in [-0.4, -0.2) is 57.5 Å². The van der Waals surface area contributed by atoms with Gasteiger partial charge >= 0.3 is 5.97 Å². The van der Waals surface area contributed by atoms with Crippen molar-refractivity contribution in [3.8, 4) is 23.1 Å². The number of nitrogens with two attached hydrogens (primary N) is 2. The molecule has 0 fully saturated rings. The van der Waals surface area contributed by atoms with Gasteiger partial charge in [0.05, 0.1) is 16.5 Å². The van der Waals surface area contributed by atoms with E-state index in [2.05, 4.69) is 0 Å². The fourth-order valence-electron chi connectivity index (χ4n) is 2.07. The third-order valence-corrected chi connectivity index (χ3v) is 3.39. The maximum Gasteiger partial charge on any atom is 0.357 e. The zero-order valence-corrected chi connectivity index (χ0v) is 11.1. The minimum atomic E-state index is -3.82. The predicted molar refractivity (Wildman–Crippen MR) is 72.3 cm³/mol. The Morgan fingerprint density at radius 3 is 2.00 bits per heavy atom. The minimum Gasteiger partial charge on any atom is -0.505 e. The molecule has 1 unspecified atom stereocenters. The first-order valence-corrected chi connectivity index (χ1v) is 5.82. The summed E-state index contributed by atoms with van der Waals surface area (Å²) < 4.78 is 0. The number of aromatic nitrogens is 1. The highest BCUT2D eigenvalue weighted by Gasteiger charge is 2.56. The number of hydrogen-bond donors (Lipinski definition) is 11. The first kappa shape index (κ1) is 16.4. The summed E-state index contributed by atoms with van der Waals surface area (Å²) in [6, 6.07) is 0. The van der Waals surface area contributed by atoms with E-state index in [-0.39, 0.29) is 0 Å². The second-order valence-electron chi connectivity index (χ2n) is 4.80. The van der Waals surface area contributed by atoms with Crippen LogP contribution in [0.25, 0.3) is 10.9 Å². The largest absolute Gasteiger partial charge is 0.505 e. The van der Waals surface area contributed by atoms with E-state index in [1.165, 1.54) is 0 Å². The number of carbonyl (C=O) groups is 1. The standard InChI is InChI=1S/C11H13N3O9/c12-3-5(15)1-2(11(22,23)10(13,21)9(19)20)8(18)14-4(1)7(17)6(3)16/h14-18,21-23H,12-13H2,(H,19,20). The summed E-state index contributed by atoms with van der Waals surface area (Å²) in [6.07, 6.45) is 0. The van der Waals surface area contributed by atoms with Gasteiger partial charge in [-0.3, -0.25) is 5.73 Å². The molecule has 12 nitrogen and oxygen atoms in total. The number of carboxylic acid groups (broad SMARTS) is 1. The summed E-state index contributed by atoms with van der Waals surface area (Å²) in [6.45, 7) is 0. The maximum absolute atomic E-state index is 10.9. The molecule has 0 aliphatic heterocycles. The Balaban J connectivity index is 2.97. The number of phenolic OH excluding ortho intramolecular Hbond substituents is 3. The van der Waals surface area contributed by atoms with Crippen molar-refractivity contribution in [2.24, 2.45) is 5.73 Å². The van der Waals surface area contributed by atoms with Crippen LogP contribution >= 0.6 is 0 Å². The summed E-state index contributed by atoms with van der Waals surface area (Å²) in [4.78, 5) is 12.9. The van der Waals surface area contributed by atoms with Gasteiger partial charge < -0.3 is 51.6 Å². The molecule has 0 aliphatic rings. The van der Waals surface area contributed by atoms with Crippen molar-refractivity contribution in [3.05, 3.63) is 5.56 Å². The van der Waals surface area contributed by atoms with Gasteiger partial charge in [-0.25, -0.2) is 4.79 Å². The Labute approximate surface area is 126 Å². The SMILES string of the molecule is Nc1c(O)c(O)c2[nH]c(O)c(C(O)(O)C(N)(O)C(=O)O)c2c1O. The highest BCUT2D eigenvalue weighted by Crippen LogP contribution is 2.51. The highest BCUT2D eigenvalue weighted by molar-refractivity contribution is 6.03. The maximum atomic E-state index is 10.9. The molecule has 1 aromatic carbocycles. The van der Waals surface area contributed by atoms with Crippen LogP contribution in [0.2, 0.25) is 0 Å². The number of phenols is 3. The zero-order valence-electron chi connectivity index (χ0n) is 11.1. The molecule has 0 saturated heterocycles. The van der Waals surface area contributed by atoms with E-state index >= 15 is 0 Å². The van der Waals surface area contributed by atoms with Crippen molar-refractivity contribution < 1.29 is 45.6 Å². The van der Waals surface area contributed by atoms with Crippen LogP contribution in [0.4, 0.5) is 5.69 Å². The van der Waals surface area contributed by atoms with Crippen molar-refractivity contribution in [3.63, 3.8) is 0 Å². The van der Waals surface area contributed by atoms with Gasteiger partial charge in [0, 0.05) is 0 Å². The van der Waals surface area contributed by atoms with Crippen LogP contribution in [0.15, 0.2) is 0 Å². The molecule has 1 aromatic heterocycles. The van der Waals surface area contributed by atoms with Crippen LogP contribution in [0.1, 0.15) is 5.56 Å². The Bertz CT molecular complexity index is 824. The van der Waals surface area contributed by atoms with Gasteiger partial charge in [0.2, 0.25) is 0 Å². The number of benzene rings is 1. The van der Waals surface area contributed by atoms with Gasteiger partial charge in [-0.05, 0) is 0 Å². The number of aliphatic carboxylic acids is 1. The number of H-pyrrole nitrogens is 1. The van der Waals surface area contributed by atoms with Gasteiger partial charge in [0.1, 0.15) is 5.69 Å². The van der Waals surface area contributed by atoms with Crippen molar-refractivity contribution >= 4 is 22.6 Å². The zero-order chi connectivity index (χ0) is 17.9. The van der Waals surface area contributed by atoms with E-state index < -0.39 is 62.8 Å². The molecular weight excluding hydrogens is 318 g/mol. The monoisotopic (exact) mass is 331 g/mol. The summed E-state index contributed by atoms with van der Waals surface area (Å²) in [5.41, 5.74) is 3.95. The molecule has 0 spiro atoms. The average molecular weight is 331 g/mol. The second kappa shape index (κ2) is 4.53. The van der Waals surface area contributed by atoms with Gasteiger partial charge in [-0.2, -0.15) is 0 Å². The number of aromatic amines is 1. The number of nitrogens with one attached hydrogen (secondary N) is 1. The molecule has 0 saturated carbocycles. The number of hydrogen-bond acceptors (Lipinski definition) is 10. The van der Waals surface area contributed by atoms with Crippen LogP contribution in [0.5, 0.6) is 23.1 Å². The van der Waals surface area contributed by atoms with Gasteiger partial charge in [0.15, 0.2) is 23.1 Å². The number of nitrogen functional groups attached to an aromatic ring is 1. The van der Waals surface area contributed by atoms with Gasteiger partial charge in [-0.15, -0.1) is 0 Å². The van der Waals surface area contributed by atoms with E-state index in [0.717, 1.165) is 0 Å². The summed E-state index contributed by atoms with van der Waals surface area (Å²) in [5, 5.41) is 76.4. The van der Waals surface area contributed by atoms with Crippen molar-refractivity contribution in [2.75, 3.05) is 5.73 Å². The number of aliphatic hydroxyl groups is 3. The molecule has 0 bridgehead atoms. The normalized spacial score (nSPS) is 14.8. The molecule has 2 aromatic rings. The fourth-order valence-corrected chi connectivity index (χ4v) is 2.07. The smallest absolute Gasteiger partial charge is 0.357 e. The summed E-state index contributed by atoms with van der Waals surface area (Å²) >= 11 is 0. The first-order chi connectivity index (χ1) is 10.4. The molecule has 13 N–H and O–H groups in total. The minimum absolute atomic E-state index is 0.615. The lowest BCUT2D eigenvalue weighted by Gasteiger charge is -2.32. The highest BCUT2D eigenvalue weighted by atomic mass is 16.5. The van der Waals surface area contributed by atoms with Gasteiger partial charge in [0.25, 0.3) is 11.5 Å². The van der Waals surface area contributed by atoms with Crippen LogP contribution in [0.3, 0.4) is 0 Å². The Morgan fingerprint density at radius 2 is 1.52 bits per heavy atom. The predicted octanol–water partition coefficient (Wildman–Crippen LogP) is -2.56. The Morgan fingerprint density at radius 1 is 1.00 bits per heavy atom. The fraction of sp³-hybridized carbons (Fsp3) is 0.182. The van der Waals surface area contributed by atoms with E-state index in [4.69, 9.17) is 16.6 Å². The lowest BCUT2D eigenvalue weighted by atomic mass is 9.93. The molecule has 23 heavy (non-hydrogen) atoms. The second-order valence-corrected chi connectivity index (χ2v) is 4.80. The lowest BCUT2D eigenvalue weighted by Crippen LogP contribution is -2.63. The summed E-state index contributed by atoms with van der Waals surface area (Å²) in [5.74, 6) is -10.3. The molecule has 1 atom stereocenters. The molecule has 126 valence electrons. The molecule has 0 amide bonds. The van der Waals surface area contributed by atoms with E-state index in [9.17, 15) is 40.5 Å². The van der Waals surface area contributed by atoms with E-state index in [0.29, 0.717) is 0 Å². The molecule has 1 heterocycles. The first-order valence-electron chi connectivity index (χ1n) is 5.82. The number of fused-ring (bicyclic) bond motifs is 1. The van der Waals surface area contributed by atoms with Crippen LogP contribution < -0.4 is 11.5 Å². The average Bonchev–Trinajstić information content (AvgIpc) is 2.80. The molecule has 0 aliphatic carbocycles. The number of aromatic hydroxyl groups is 4. The lowest BCUT2D eigenvalue weighted by molar-refractivity contribution is -0.279. The third kappa shape index (κ3) is 1.90. The molecule has 2 rings (SSSR count). The third-order valence-electron chi connectivity index (χ3n) is 3.39. The van der Waals surface area contributed by atoms with Crippen LogP contribution in [0, 0.1) is 0 Å². The quantitative estimate of drug-likeness (QED) is 0.121. The Hall–Kier alpha value is -2.93. The number of rotatable bonds is 3. The van der Waals surface area contributed by atoms with Gasteiger partial charge in [-0.1, -0.05) is 0 Å². The van der Waals surface area contributed by atoms with Crippen molar-refractivity contribution in [1.82, 2.24) is 4.98 Å².